The zero-order valence-electron chi connectivity index (χ0n) is 12.5. The molecule has 0 radical (unpaired) electrons. The molecule has 26 heavy (non-hydrogen) atoms. The molecule has 2 rings (SSSR count). The van der Waals surface area contributed by atoms with Gasteiger partial charge in [0.05, 0.1) is 0 Å². The first-order valence-electron chi connectivity index (χ1n) is 6.92. The lowest BCUT2D eigenvalue weighted by molar-refractivity contribution is -0.0425. The topological polar surface area (TPSA) is 68.3 Å². The summed E-state index contributed by atoms with van der Waals surface area (Å²) in [4.78, 5) is 0. The van der Waals surface area contributed by atoms with Gasteiger partial charge in [0.15, 0.2) is 38.8 Å². The summed E-state index contributed by atoms with van der Waals surface area (Å²) >= 11 is 0. The molecule has 148 valence electrons. The summed E-state index contributed by atoms with van der Waals surface area (Å²) in [5.74, 6) is 0. The summed E-state index contributed by atoms with van der Waals surface area (Å²) in [5, 5.41) is -3.26. The highest BCUT2D eigenvalue weighted by Crippen LogP contribution is 2.43. The third kappa shape index (κ3) is 3.19. The van der Waals surface area contributed by atoms with Crippen LogP contribution >= 0.6 is 0 Å². The van der Waals surface area contributed by atoms with E-state index >= 15 is 0 Å². The fourth-order valence-corrected chi connectivity index (χ4v) is 6.93. The Morgan fingerprint density at radius 2 is 1.38 bits per heavy atom. The third-order valence-electron chi connectivity index (χ3n) is 3.85. The molecule has 4 unspecified atom stereocenters. The van der Waals surface area contributed by atoms with Gasteiger partial charge in [-0.3, -0.25) is 0 Å². The van der Waals surface area contributed by atoms with Gasteiger partial charge in [0.25, 0.3) is 9.84 Å². The van der Waals surface area contributed by atoms with Crippen molar-refractivity contribution in [1.29, 1.82) is 0 Å². The minimum absolute atomic E-state index is 0.612. The lowest BCUT2D eigenvalue weighted by Gasteiger charge is -2.21. The van der Waals surface area contributed by atoms with Crippen LogP contribution in [-0.4, -0.2) is 52.3 Å². The SMILES string of the molecule is O=S(=O)(/C(=C1/C=CC=CC1)S(=O)(=O)C(F)(F)F)C1C(F)C(F)C(F)C1F. The minimum Gasteiger partial charge on any atom is -0.243 e. The summed E-state index contributed by atoms with van der Waals surface area (Å²) in [6, 6.07) is 0. The molecule has 0 bridgehead atoms. The molecular formula is C13H11F7O4S2. The minimum atomic E-state index is -6.59. The van der Waals surface area contributed by atoms with E-state index in [-0.39, 0.29) is 0 Å². The standard InChI is InChI=1S/C13H11F7O4S2/c14-7-8(15)10(17)11(9(7)16)25(21,22)12(6-4-2-1-3-5-6)26(23,24)13(18,19)20/h1-4,7-11H,5H2/b12-6+. The van der Waals surface area contributed by atoms with E-state index in [0.29, 0.717) is 6.08 Å². The number of hydrogen-bond donors (Lipinski definition) is 0. The largest absolute Gasteiger partial charge is 0.502 e. The molecule has 0 heterocycles. The van der Waals surface area contributed by atoms with Gasteiger partial charge in [-0.05, 0) is 12.0 Å². The molecule has 4 nitrogen and oxygen atoms in total. The summed E-state index contributed by atoms with van der Waals surface area (Å²) in [6.45, 7) is 0. The Morgan fingerprint density at radius 3 is 1.77 bits per heavy atom. The van der Waals surface area contributed by atoms with Crippen LogP contribution in [0, 0.1) is 0 Å². The van der Waals surface area contributed by atoms with Crippen LogP contribution in [0.3, 0.4) is 0 Å². The van der Waals surface area contributed by atoms with E-state index in [2.05, 4.69) is 0 Å². The van der Waals surface area contributed by atoms with E-state index in [4.69, 9.17) is 0 Å². The highest BCUT2D eigenvalue weighted by molar-refractivity contribution is 8.15. The lowest BCUT2D eigenvalue weighted by atomic mass is 10.1. The number of halogens is 7. The maximum absolute atomic E-state index is 13.8. The van der Waals surface area contributed by atoms with Crippen molar-refractivity contribution >= 4 is 19.7 Å². The Balaban J connectivity index is 2.75. The van der Waals surface area contributed by atoms with E-state index in [0.717, 1.165) is 12.2 Å². The van der Waals surface area contributed by atoms with Crippen LogP contribution in [0.4, 0.5) is 30.7 Å². The molecular weight excluding hydrogens is 417 g/mol. The van der Waals surface area contributed by atoms with Gasteiger partial charge in [0.2, 0.25) is 0 Å². The molecule has 0 aromatic heterocycles. The van der Waals surface area contributed by atoms with Crippen molar-refractivity contribution in [3.63, 3.8) is 0 Å². The summed E-state index contributed by atoms with van der Waals surface area (Å²) < 4.78 is 139. The van der Waals surface area contributed by atoms with Gasteiger partial charge in [-0.2, -0.15) is 13.2 Å². The molecule has 0 aromatic carbocycles. The van der Waals surface area contributed by atoms with Crippen LogP contribution in [-0.2, 0) is 19.7 Å². The van der Waals surface area contributed by atoms with Crippen LogP contribution in [0.5, 0.6) is 0 Å². The maximum Gasteiger partial charge on any atom is 0.502 e. The second-order valence-electron chi connectivity index (χ2n) is 5.54. The van der Waals surface area contributed by atoms with Crippen molar-refractivity contribution in [3.8, 4) is 0 Å². The second-order valence-corrected chi connectivity index (χ2v) is 9.72. The van der Waals surface area contributed by atoms with Crippen LogP contribution in [0.15, 0.2) is 34.1 Å². The molecule has 2 aliphatic carbocycles. The predicted octanol–water partition coefficient (Wildman–Crippen LogP) is 2.80. The average molecular weight is 428 g/mol. The van der Waals surface area contributed by atoms with E-state index in [1.54, 1.807) is 0 Å². The molecule has 4 atom stereocenters. The van der Waals surface area contributed by atoms with E-state index in [1.165, 1.54) is 6.08 Å². The van der Waals surface area contributed by atoms with Crippen molar-refractivity contribution in [3.05, 3.63) is 34.1 Å². The first-order chi connectivity index (χ1) is 11.7. The van der Waals surface area contributed by atoms with Gasteiger partial charge >= 0.3 is 5.51 Å². The zero-order valence-corrected chi connectivity index (χ0v) is 14.1. The number of hydrogen-bond acceptors (Lipinski definition) is 4. The number of allylic oxidation sites excluding steroid dienone is 5. The van der Waals surface area contributed by atoms with Gasteiger partial charge in [-0.1, -0.05) is 24.3 Å². The molecule has 1 fully saturated rings. The Kier molecular flexibility index (Phi) is 5.36. The van der Waals surface area contributed by atoms with Crippen molar-refractivity contribution in [1.82, 2.24) is 0 Å². The molecule has 2 aliphatic rings. The van der Waals surface area contributed by atoms with Crippen molar-refractivity contribution < 1.29 is 47.6 Å². The van der Waals surface area contributed by atoms with Crippen LogP contribution in [0.25, 0.3) is 0 Å². The fraction of sp³-hybridized carbons (Fsp3) is 0.538. The smallest absolute Gasteiger partial charge is 0.243 e. The molecule has 0 amide bonds. The first kappa shape index (κ1) is 20.9. The maximum atomic E-state index is 13.8. The lowest BCUT2D eigenvalue weighted by Crippen LogP contribution is -2.41. The van der Waals surface area contributed by atoms with E-state index < -0.39 is 71.4 Å². The zero-order chi connectivity index (χ0) is 20.1. The molecule has 13 heteroatoms. The van der Waals surface area contributed by atoms with Gasteiger partial charge < -0.3 is 0 Å². The molecule has 0 N–H and O–H groups in total. The number of sulfone groups is 2. The van der Waals surface area contributed by atoms with Gasteiger partial charge in [-0.25, -0.2) is 34.4 Å². The molecule has 0 saturated heterocycles. The summed E-state index contributed by atoms with van der Waals surface area (Å²) in [6.07, 6.45) is -9.80. The van der Waals surface area contributed by atoms with Gasteiger partial charge in [-0.15, -0.1) is 0 Å². The summed E-state index contributed by atoms with van der Waals surface area (Å²) in [7, 11) is -12.5. The molecule has 1 saturated carbocycles. The molecule has 0 spiro atoms. The van der Waals surface area contributed by atoms with Crippen molar-refractivity contribution in [2.45, 2.75) is 41.9 Å². The number of rotatable bonds is 3. The average Bonchev–Trinajstić information content (AvgIpc) is 2.71. The highest BCUT2D eigenvalue weighted by Gasteiger charge is 2.63. The van der Waals surface area contributed by atoms with Crippen LogP contribution < -0.4 is 0 Å². The quantitative estimate of drug-likeness (QED) is 0.649. The van der Waals surface area contributed by atoms with E-state index in [1.807, 2.05) is 0 Å². The molecule has 0 aromatic rings. The van der Waals surface area contributed by atoms with Gasteiger partial charge in [0, 0.05) is 0 Å². The van der Waals surface area contributed by atoms with Crippen LogP contribution in [0.1, 0.15) is 6.42 Å². The normalized spacial score (nSPS) is 35.0. The first-order valence-corrected chi connectivity index (χ1v) is 9.95. The fourth-order valence-electron chi connectivity index (χ4n) is 2.63. The third-order valence-corrected chi connectivity index (χ3v) is 8.58. The summed E-state index contributed by atoms with van der Waals surface area (Å²) in [5.41, 5.74) is -7.03. The Bertz CT molecular complexity index is 857. The predicted molar refractivity (Wildman–Crippen MR) is 77.2 cm³/mol. The molecule has 0 aliphatic heterocycles. The van der Waals surface area contributed by atoms with Crippen LogP contribution in [0.2, 0.25) is 0 Å². The second kappa shape index (κ2) is 6.66. The van der Waals surface area contributed by atoms with E-state index in [9.17, 15) is 47.6 Å². The van der Waals surface area contributed by atoms with Gasteiger partial charge in [0.1, 0.15) is 5.25 Å². The Hall–Kier alpha value is -1.37. The highest BCUT2D eigenvalue weighted by atomic mass is 32.3. The van der Waals surface area contributed by atoms with Crippen molar-refractivity contribution in [2.75, 3.05) is 0 Å². The van der Waals surface area contributed by atoms with Crippen molar-refractivity contribution in [2.24, 2.45) is 0 Å². The Labute approximate surface area is 143 Å². The Morgan fingerprint density at radius 1 is 0.885 bits per heavy atom. The number of alkyl halides is 7. The monoisotopic (exact) mass is 428 g/mol.